The van der Waals surface area contributed by atoms with E-state index in [9.17, 15) is 4.79 Å². The molecule has 0 spiro atoms. The van der Waals surface area contributed by atoms with Gasteiger partial charge in [-0.05, 0) is 38.7 Å². The molecule has 0 unspecified atom stereocenters. The van der Waals surface area contributed by atoms with E-state index in [1.165, 1.54) is 0 Å². The summed E-state index contributed by atoms with van der Waals surface area (Å²) >= 11 is 5.95. The van der Waals surface area contributed by atoms with Crippen LogP contribution in [0.5, 0.6) is 0 Å². The van der Waals surface area contributed by atoms with Crippen LogP contribution in [0.2, 0.25) is 0 Å². The Bertz CT molecular complexity index is 452. The van der Waals surface area contributed by atoms with Gasteiger partial charge in [-0.3, -0.25) is 4.79 Å². The van der Waals surface area contributed by atoms with Crippen LogP contribution in [0.15, 0.2) is 6.07 Å². The van der Waals surface area contributed by atoms with Gasteiger partial charge in [0.15, 0.2) is 0 Å². The summed E-state index contributed by atoms with van der Waals surface area (Å²) in [5.41, 5.74) is 1.91. The highest BCUT2D eigenvalue weighted by atomic mass is 35.5. The van der Waals surface area contributed by atoms with Crippen molar-refractivity contribution < 1.29 is 4.79 Å². The molecule has 2 rings (SSSR count). The van der Waals surface area contributed by atoms with Crippen molar-refractivity contribution in [3.8, 4) is 0 Å². The van der Waals surface area contributed by atoms with E-state index in [2.05, 4.69) is 15.5 Å². The Morgan fingerprint density at radius 2 is 2.22 bits per heavy atom. The second kappa shape index (κ2) is 5.22. The normalized spacial score (nSPS) is 17.1. The van der Waals surface area contributed by atoms with E-state index >= 15 is 0 Å². The lowest BCUT2D eigenvalue weighted by Crippen LogP contribution is -2.55. The van der Waals surface area contributed by atoms with Gasteiger partial charge in [-0.1, -0.05) is 6.92 Å². The molecule has 0 bridgehead atoms. The second-order valence-electron chi connectivity index (χ2n) is 4.92. The summed E-state index contributed by atoms with van der Waals surface area (Å²) in [5, 5.41) is 11.1. The minimum Gasteiger partial charge on any atom is -0.345 e. The zero-order valence-corrected chi connectivity index (χ0v) is 11.5. The monoisotopic (exact) mass is 267 g/mol. The fourth-order valence-electron chi connectivity index (χ4n) is 2.18. The van der Waals surface area contributed by atoms with Crippen LogP contribution in [0.25, 0.3) is 0 Å². The fraction of sp³-hybridized carbons (Fsp3) is 0.615. The molecule has 1 fully saturated rings. The number of amides is 1. The van der Waals surface area contributed by atoms with Gasteiger partial charge in [0.2, 0.25) is 0 Å². The van der Waals surface area contributed by atoms with Crippen molar-refractivity contribution >= 4 is 17.5 Å². The van der Waals surface area contributed by atoms with E-state index in [0.717, 1.165) is 30.7 Å². The molecule has 0 aromatic carbocycles. The van der Waals surface area contributed by atoms with E-state index in [4.69, 9.17) is 11.6 Å². The molecule has 0 aliphatic heterocycles. The van der Waals surface area contributed by atoms with Crippen LogP contribution < -0.4 is 5.32 Å². The Morgan fingerprint density at radius 3 is 2.72 bits per heavy atom. The summed E-state index contributed by atoms with van der Waals surface area (Å²) in [6.45, 7) is 3.81. The predicted molar refractivity (Wildman–Crippen MR) is 70.9 cm³/mol. The molecule has 1 aromatic rings. The maximum absolute atomic E-state index is 12.3. The predicted octanol–water partition coefficient (Wildman–Crippen LogP) is 2.24. The van der Waals surface area contributed by atoms with E-state index in [-0.39, 0.29) is 11.4 Å². The van der Waals surface area contributed by atoms with Gasteiger partial charge in [0.1, 0.15) is 0 Å². The molecule has 1 saturated carbocycles. The third-order valence-electron chi connectivity index (χ3n) is 3.52. The van der Waals surface area contributed by atoms with E-state index in [1.807, 2.05) is 13.8 Å². The maximum Gasteiger partial charge on any atom is 0.253 e. The number of carbonyl (C=O) groups is 1. The van der Waals surface area contributed by atoms with Crippen molar-refractivity contribution in [2.45, 2.75) is 45.1 Å². The molecule has 18 heavy (non-hydrogen) atoms. The quantitative estimate of drug-likeness (QED) is 0.852. The van der Waals surface area contributed by atoms with Crippen LogP contribution in [-0.4, -0.2) is 27.5 Å². The van der Waals surface area contributed by atoms with Gasteiger partial charge in [-0.25, -0.2) is 0 Å². The van der Waals surface area contributed by atoms with Gasteiger partial charge in [-0.2, -0.15) is 10.2 Å². The molecule has 1 aliphatic rings. The number of halogens is 1. The van der Waals surface area contributed by atoms with Crippen LogP contribution in [0.4, 0.5) is 0 Å². The van der Waals surface area contributed by atoms with E-state index in [1.54, 1.807) is 6.07 Å². The van der Waals surface area contributed by atoms with Crippen LogP contribution >= 0.6 is 11.6 Å². The average Bonchev–Trinajstić information content (AvgIpc) is 2.33. The standard InChI is InChI=1S/C13H18ClN3O/c1-3-11-10(7-9(2)16-17-11)12(18)15-13(8-14)5-4-6-13/h7H,3-6,8H2,1-2H3,(H,15,18). The summed E-state index contributed by atoms with van der Waals surface area (Å²) in [7, 11) is 0. The molecular weight excluding hydrogens is 250 g/mol. The highest BCUT2D eigenvalue weighted by Gasteiger charge is 2.38. The van der Waals surface area contributed by atoms with Gasteiger partial charge in [0.25, 0.3) is 5.91 Å². The summed E-state index contributed by atoms with van der Waals surface area (Å²) in [4.78, 5) is 12.3. The highest BCUT2D eigenvalue weighted by Crippen LogP contribution is 2.33. The zero-order chi connectivity index (χ0) is 13.2. The number of nitrogens with one attached hydrogen (secondary N) is 1. The lowest BCUT2D eigenvalue weighted by molar-refractivity contribution is 0.0852. The lowest BCUT2D eigenvalue weighted by atomic mass is 9.78. The molecule has 0 saturated heterocycles. The molecule has 98 valence electrons. The van der Waals surface area contributed by atoms with Gasteiger partial charge < -0.3 is 5.32 Å². The summed E-state index contributed by atoms with van der Waals surface area (Å²) < 4.78 is 0. The first kappa shape index (κ1) is 13.3. The topological polar surface area (TPSA) is 54.9 Å². The van der Waals surface area contributed by atoms with Crippen molar-refractivity contribution in [2.75, 3.05) is 5.88 Å². The first-order chi connectivity index (χ1) is 8.60. The van der Waals surface area contributed by atoms with Crippen LogP contribution in [-0.2, 0) is 6.42 Å². The van der Waals surface area contributed by atoms with Crippen molar-refractivity contribution in [1.82, 2.24) is 15.5 Å². The first-order valence-electron chi connectivity index (χ1n) is 6.32. The molecule has 1 amide bonds. The number of rotatable bonds is 4. The average molecular weight is 268 g/mol. The van der Waals surface area contributed by atoms with Crippen LogP contribution in [0.1, 0.15) is 47.9 Å². The second-order valence-corrected chi connectivity index (χ2v) is 5.19. The van der Waals surface area contributed by atoms with Crippen LogP contribution in [0, 0.1) is 6.92 Å². The SMILES string of the molecule is CCc1nnc(C)cc1C(=O)NC1(CCl)CCC1. The number of aromatic nitrogens is 2. The Balaban J connectivity index is 2.20. The smallest absolute Gasteiger partial charge is 0.253 e. The Morgan fingerprint density at radius 1 is 1.50 bits per heavy atom. The Hall–Kier alpha value is -1.16. The molecule has 4 nitrogen and oxygen atoms in total. The molecule has 5 heteroatoms. The number of aryl methyl sites for hydroxylation is 2. The number of alkyl halides is 1. The number of carbonyl (C=O) groups excluding carboxylic acids is 1. The van der Waals surface area contributed by atoms with Crippen molar-refractivity contribution in [3.05, 3.63) is 23.0 Å². The van der Waals surface area contributed by atoms with E-state index < -0.39 is 0 Å². The van der Waals surface area contributed by atoms with Crippen molar-refractivity contribution in [2.24, 2.45) is 0 Å². The van der Waals surface area contributed by atoms with Crippen molar-refractivity contribution in [1.29, 1.82) is 0 Å². The highest BCUT2D eigenvalue weighted by molar-refractivity contribution is 6.19. The molecule has 1 heterocycles. The van der Waals surface area contributed by atoms with Gasteiger partial charge in [0.05, 0.1) is 22.5 Å². The summed E-state index contributed by atoms with van der Waals surface area (Å²) in [6, 6.07) is 1.79. The fourth-order valence-corrected chi connectivity index (χ4v) is 2.51. The summed E-state index contributed by atoms with van der Waals surface area (Å²) in [6.07, 6.45) is 3.74. The third-order valence-corrected chi connectivity index (χ3v) is 4.03. The molecule has 0 atom stereocenters. The summed E-state index contributed by atoms with van der Waals surface area (Å²) in [5.74, 6) is 0.391. The zero-order valence-electron chi connectivity index (χ0n) is 10.8. The molecule has 1 N–H and O–H groups in total. The Kier molecular flexibility index (Phi) is 3.85. The molecule has 1 aliphatic carbocycles. The molecule has 0 radical (unpaired) electrons. The molecular formula is C13H18ClN3O. The maximum atomic E-state index is 12.3. The first-order valence-corrected chi connectivity index (χ1v) is 6.85. The minimum atomic E-state index is -0.208. The number of hydrogen-bond donors (Lipinski definition) is 1. The number of hydrogen-bond acceptors (Lipinski definition) is 3. The number of nitrogens with zero attached hydrogens (tertiary/aromatic N) is 2. The van der Waals surface area contributed by atoms with E-state index in [0.29, 0.717) is 17.9 Å². The lowest BCUT2D eigenvalue weighted by Gasteiger charge is -2.41. The van der Waals surface area contributed by atoms with Gasteiger partial charge in [-0.15, -0.1) is 11.6 Å². The largest absolute Gasteiger partial charge is 0.345 e. The minimum absolute atomic E-state index is 0.0785. The molecule has 1 aromatic heterocycles. The van der Waals surface area contributed by atoms with Gasteiger partial charge in [0, 0.05) is 5.88 Å². The van der Waals surface area contributed by atoms with Crippen LogP contribution in [0.3, 0.4) is 0 Å². The van der Waals surface area contributed by atoms with Crippen molar-refractivity contribution in [3.63, 3.8) is 0 Å². The van der Waals surface area contributed by atoms with Gasteiger partial charge >= 0.3 is 0 Å². The Labute approximate surface area is 112 Å². The third kappa shape index (κ3) is 2.48.